The van der Waals surface area contributed by atoms with Gasteiger partial charge in [0.05, 0.1) is 13.2 Å². The summed E-state index contributed by atoms with van der Waals surface area (Å²) in [6.45, 7) is 3.49. The Morgan fingerprint density at radius 1 is 1.42 bits per heavy atom. The van der Waals surface area contributed by atoms with Crippen LogP contribution in [0.5, 0.6) is 11.5 Å². The fraction of sp³-hybridized carbons (Fsp3) is 0.500. The molecule has 0 saturated carbocycles. The number of hydrogen-bond donors (Lipinski definition) is 2. The van der Waals surface area contributed by atoms with E-state index in [9.17, 15) is 9.90 Å². The van der Waals surface area contributed by atoms with Crippen LogP contribution in [0.25, 0.3) is 0 Å². The molecule has 1 aromatic rings. The number of methoxy groups -OCH3 is 1. The van der Waals surface area contributed by atoms with Gasteiger partial charge in [-0.05, 0) is 25.5 Å². The van der Waals surface area contributed by atoms with E-state index < -0.39 is 18.2 Å². The summed E-state index contributed by atoms with van der Waals surface area (Å²) in [4.78, 5) is 11.1. The van der Waals surface area contributed by atoms with E-state index in [1.165, 1.54) is 7.11 Å². The molecule has 5 heteroatoms. The van der Waals surface area contributed by atoms with Crippen LogP contribution in [-0.2, 0) is 4.79 Å². The van der Waals surface area contributed by atoms with Gasteiger partial charge in [-0.25, -0.2) is 4.79 Å². The van der Waals surface area contributed by atoms with Crippen LogP contribution in [0.1, 0.15) is 38.4 Å². The number of carboxylic acid groups (broad SMARTS) is 1. The average Bonchev–Trinajstić information content (AvgIpc) is 2.37. The van der Waals surface area contributed by atoms with Crippen molar-refractivity contribution in [3.8, 4) is 11.5 Å². The summed E-state index contributed by atoms with van der Waals surface area (Å²) in [6.07, 6.45) is -0.553. The first kappa shape index (κ1) is 15.3. The number of carboxylic acids is 1. The van der Waals surface area contributed by atoms with E-state index in [4.69, 9.17) is 14.6 Å². The zero-order chi connectivity index (χ0) is 14.4. The Bertz CT molecular complexity index is 428. The number of aliphatic carboxylic acids is 1. The van der Waals surface area contributed by atoms with Gasteiger partial charge in [0.1, 0.15) is 11.5 Å². The van der Waals surface area contributed by atoms with Crippen molar-refractivity contribution in [3.05, 3.63) is 23.8 Å². The average molecular weight is 268 g/mol. The first-order valence-electron chi connectivity index (χ1n) is 6.25. The standard InChI is InChI=1S/C14H20O5/c1-4-5-12(14(16)17)19-13-8-10(18-3)6-7-11(13)9(2)15/h6-9,12,15H,4-5H2,1-3H3,(H,16,17)/t9-,12?/m1/s1. The van der Waals surface area contributed by atoms with E-state index in [-0.39, 0.29) is 0 Å². The molecule has 2 atom stereocenters. The quantitative estimate of drug-likeness (QED) is 0.794. The van der Waals surface area contributed by atoms with Gasteiger partial charge in [-0.3, -0.25) is 0 Å². The van der Waals surface area contributed by atoms with Crippen LogP contribution in [0.4, 0.5) is 0 Å². The second-order valence-electron chi connectivity index (χ2n) is 4.31. The second kappa shape index (κ2) is 6.99. The SMILES string of the molecule is CCCC(Oc1cc(OC)ccc1[C@@H](C)O)C(=O)O. The lowest BCUT2D eigenvalue weighted by atomic mass is 10.1. The number of aliphatic hydroxyl groups excluding tert-OH is 1. The molecule has 0 spiro atoms. The lowest BCUT2D eigenvalue weighted by Gasteiger charge is -2.19. The lowest BCUT2D eigenvalue weighted by Crippen LogP contribution is -2.27. The predicted molar refractivity (Wildman–Crippen MR) is 70.6 cm³/mol. The highest BCUT2D eigenvalue weighted by Crippen LogP contribution is 2.30. The van der Waals surface area contributed by atoms with Crippen LogP contribution in [-0.4, -0.2) is 29.4 Å². The fourth-order valence-corrected chi connectivity index (χ4v) is 1.74. The Balaban J connectivity index is 3.04. The van der Waals surface area contributed by atoms with Gasteiger partial charge in [0.25, 0.3) is 0 Å². The largest absolute Gasteiger partial charge is 0.497 e. The smallest absolute Gasteiger partial charge is 0.344 e. The summed E-state index contributed by atoms with van der Waals surface area (Å²) in [5.41, 5.74) is 0.545. The van der Waals surface area contributed by atoms with E-state index in [0.717, 1.165) is 0 Å². The maximum absolute atomic E-state index is 11.1. The van der Waals surface area contributed by atoms with E-state index >= 15 is 0 Å². The van der Waals surface area contributed by atoms with Crippen molar-refractivity contribution in [3.63, 3.8) is 0 Å². The molecule has 0 bridgehead atoms. The van der Waals surface area contributed by atoms with E-state index in [2.05, 4.69) is 0 Å². The first-order valence-corrected chi connectivity index (χ1v) is 6.25. The van der Waals surface area contributed by atoms with Gasteiger partial charge in [-0.1, -0.05) is 13.3 Å². The summed E-state index contributed by atoms with van der Waals surface area (Å²) in [5, 5.41) is 18.8. The molecule has 1 unspecified atom stereocenters. The molecule has 1 rings (SSSR count). The number of carbonyl (C=O) groups is 1. The Hall–Kier alpha value is -1.75. The van der Waals surface area contributed by atoms with Crippen molar-refractivity contribution in [2.75, 3.05) is 7.11 Å². The normalized spacial score (nSPS) is 13.7. The molecule has 5 nitrogen and oxygen atoms in total. The third-order valence-electron chi connectivity index (χ3n) is 2.77. The van der Waals surface area contributed by atoms with Crippen LogP contribution in [0, 0.1) is 0 Å². The van der Waals surface area contributed by atoms with Crippen molar-refractivity contribution in [1.29, 1.82) is 0 Å². The second-order valence-corrected chi connectivity index (χ2v) is 4.31. The highest BCUT2D eigenvalue weighted by molar-refractivity contribution is 5.72. The number of rotatable bonds is 7. The van der Waals surface area contributed by atoms with Crippen molar-refractivity contribution in [2.45, 2.75) is 38.9 Å². The van der Waals surface area contributed by atoms with Gasteiger partial charge in [0.2, 0.25) is 0 Å². The predicted octanol–water partition coefficient (Wildman–Crippen LogP) is 2.38. The summed E-state index contributed by atoms with van der Waals surface area (Å²) in [7, 11) is 1.52. The van der Waals surface area contributed by atoms with Gasteiger partial charge in [0.15, 0.2) is 6.10 Å². The van der Waals surface area contributed by atoms with E-state index in [1.54, 1.807) is 25.1 Å². The van der Waals surface area contributed by atoms with Crippen LogP contribution in [0.3, 0.4) is 0 Å². The minimum absolute atomic E-state index is 0.343. The molecule has 0 saturated heterocycles. The summed E-state index contributed by atoms with van der Waals surface area (Å²) in [5.74, 6) is -0.114. The minimum Gasteiger partial charge on any atom is -0.497 e. The number of ether oxygens (including phenoxy) is 2. The molecule has 106 valence electrons. The summed E-state index contributed by atoms with van der Waals surface area (Å²) < 4.78 is 10.6. The van der Waals surface area contributed by atoms with Crippen LogP contribution < -0.4 is 9.47 Å². The first-order chi connectivity index (χ1) is 8.99. The minimum atomic E-state index is -1.01. The topological polar surface area (TPSA) is 76.0 Å². The van der Waals surface area contributed by atoms with Gasteiger partial charge in [-0.15, -0.1) is 0 Å². The monoisotopic (exact) mass is 268 g/mol. The summed E-state index contributed by atoms with van der Waals surface area (Å²) in [6, 6.07) is 4.96. The van der Waals surface area contributed by atoms with E-state index in [0.29, 0.717) is 29.9 Å². The molecule has 0 radical (unpaired) electrons. The lowest BCUT2D eigenvalue weighted by molar-refractivity contribution is -0.145. The molecule has 0 amide bonds. The zero-order valence-corrected chi connectivity index (χ0v) is 11.4. The Kier molecular flexibility index (Phi) is 5.63. The van der Waals surface area contributed by atoms with Gasteiger partial charge < -0.3 is 19.7 Å². The fourth-order valence-electron chi connectivity index (χ4n) is 1.74. The van der Waals surface area contributed by atoms with Gasteiger partial charge in [-0.2, -0.15) is 0 Å². The zero-order valence-electron chi connectivity index (χ0n) is 11.4. The van der Waals surface area contributed by atoms with Crippen molar-refractivity contribution < 1.29 is 24.5 Å². The molecule has 0 aliphatic heterocycles. The maximum Gasteiger partial charge on any atom is 0.344 e. The molecular formula is C14H20O5. The molecule has 1 aromatic carbocycles. The van der Waals surface area contributed by atoms with Gasteiger partial charge in [0, 0.05) is 11.6 Å². The number of benzene rings is 1. The van der Waals surface area contributed by atoms with Crippen LogP contribution >= 0.6 is 0 Å². The molecule has 19 heavy (non-hydrogen) atoms. The third kappa shape index (κ3) is 4.13. The summed E-state index contributed by atoms with van der Waals surface area (Å²) >= 11 is 0. The Labute approximate surface area is 112 Å². The molecule has 0 heterocycles. The van der Waals surface area contributed by atoms with Crippen molar-refractivity contribution >= 4 is 5.97 Å². The Morgan fingerprint density at radius 2 is 2.11 bits per heavy atom. The molecule has 0 fully saturated rings. The highest BCUT2D eigenvalue weighted by atomic mass is 16.5. The third-order valence-corrected chi connectivity index (χ3v) is 2.77. The maximum atomic E-state index is 11.1. The molecule has 0 aliphatic rings. The molecule has 2 N–H and O–H groups in total. The van der Waals surface area contributed by atoms with Crippen LogP contribution in [0.2, 0.25) is 0 Å². The molecule has 0 aliphatic carbocycles. The molecule has 0 aromatic heterocycles. The number of aliphatic hydroxyl groups is 1. The molecular weight excluding hydrogens is 248 g/mol. The van der Waals surface area contributed by atoms with Gasteiger partial charge >= 0.3 is 5.97 Å². The highest BCUT2D eigenvalue weighted by Gasteiger charge is 2.21. The Morgan fingerprint density at radius 3 is 2.58 bits per heavy atom. The van der Waals surface area contributed by atoms with Crippen LogP contribution in [0.15, 0.2) is 18.2 Å². The van der Waals surface area contributed by atoms with Crippen molar-refractivity contribution in [1.82, 2.24) is 0 Å². The van der Waals surface area contributed by atoms with Crippen molar-refractivity contribution in [2.24, 2.45) is 0 Å². The van der Waals surface area contributed by atoms with E-state index in [1.807, 2.05) is 6.92 Å². The number of hydrogen-bond acceptors (Lipinski definition) is 4.